The van der Waals surface area contributed by atoms with Gasteiger partial charge in [0.25, 0.3) is 0 Å². The van der Waals surface area contributed by atoms with Gasteiger partial charge in [0.05, 0.1) is 17.6 Å². The number of carbonyl (C=O) groups is 2. The van der Waals surface area contributed by atoms with E-state index in [2.05, 4.69) is 10.6 Å². The first kappa shape index (κ1) is 15.9. The number of nitrogens with zero attached hydrogens (tertiary/aromatic N) is 2. The van der Waals surface area contributed by atoms with Gasteiger partial charge in [0, 0.05) is 0 Å². The van der Waals surface area contributed by atoms with Gasteiger partial charge in [0.15, 0.2) is 5.66 Å². The Kier molecular flexibility index (Phi) is 3.32. The molecule has 0 bridgehead atoms. The van der Waals surface area contributed by atoms with Gasteiger partial charge < -0.3 is 10.6 Å². The molecule has 2 heterocycles. The fraction of sp³-hybridized carbons (Fsp3) is 0.200. The van der Waals surface area contributed by atoms with Crippen molar-refractivity contribution in [2.24, 2.45) is 11.8 Å². The minimum Gasteiger partial charge on any atom is -0.327 e. The van der Waals surface area contributed by atoms with E-state index < -0.39 is 34.7 Å². The molecule has 126 valence electrons. The van der Waals surface area contributed by atoms with Crippen molar-refractivity contribution in [3.05, 3.63) is 71.8 Å². The van der Waals surface area contributed by atoms with E-state index in [1.165, 1.54) is 0 Å². The lowest BCUT2D eigenvalue weighted by molar-refractivity contribution is -0.125. The van der Waals surface area contributed by atoms with Gasteiger partial charge in [0.1, 0.15) is 11.8 Å². The molecule has 0 aliphatic carbocycles. The Hall–Kier alpha value is -3.64. The normalized spacial score (nSPS) is 32.1. The highest BCUT2D eigenvalue weighted by Crippen LogP contribution is 2.58. The van der Waals surface area contributed by atoms with Crippen LogP contribution in [0.2, 0.25) is 0 Å². The van der Waals surface area contributed by atoms with Crippen molar-refractivity contribution in [2.45, 2.75) is 11.1 Å². The summed E-state index contributed by atoms with van der Waals surface area (Å²) in [5.41, 5.74) is -1.50. The molecule has 2 aromatic carbocycles. The predicted molar refractivity (Wildman–Crippen MR) is 90.7 cm³/mol. The van der Waals surface area contributed by atoms with Crippen molar-refractivity contribution in [2.75, 3.05) is 0 Å². The minimum atomic E-state index is -1.37. The van der Waals surface area contributed by atoms with Crippen LogP contribution in [0.25, 0.3) is 0 Å². The predicted octanol–water partition coefficient (Wildman–Crippen LogP) is 1.32. The number of hydrogen-bond donors (Lipinski definition) is 2. The molecule has 26 heavy (non-hydrogen) atoms. The summed E-state index contributed by atoms with van der Waals surface area (Å²) in [7, 11) is 0. The van der Waals surface area contributed by atoms with E-state index in [1.54, 1.807) is 48.5 Å². The first-order valence-electron chi connectivity index (χ1n) is 8.16. The molecule has 0 spiro atoms. The Morgan fingerprint density at radius 3 is 1.58 bits per heavy atom. The summed E-state index contributed by atoms with van der Waals surface area (Å²) < 4.78 is 0. The molecule has 4 rings (SSSR count). The van der Waals surface area contributed by atoms with E-state index >= 15 is 0 Å². The second-order valence-electron chi connectivity index (χ2n) is 6.45. The molecule has 4 atom stereocenters. The zero-order valence-corrected chi connectivity index (χ0v) is 13.6. The molecule has 6 nitrogen and oxygen atoms in total. The average Bonchev–Trinajstić information content (AvgIpc) is 3.07. The van der Waals surface area contributed by atoms with Gasteiger partial charge in [0.2, 0.25) is 11.8 Å². The molecule has 6 heteroatoms. The van der Waals surface area contributed by atoms with Crippen LogP contribution in [-0.2, 0) is 20.7 Å². The number of nitrogens with one attached hydrogen (secondary N) is 2. The maximum Gasteiger partial charge on any atom is 0.240 e. The highest BCUT2D eigenvalue weighted by molar-refractivity contribution is 5.97. The summed E-state index contributed by atoms with van der Waals surface area (Å²) in [6, 6.07) is 21.9. The Bertz CT molecular complexity index is 936. The fourth-order valence-corrected chi connectivity index (χ4v) is 4.42. The van der Waals surface area contributed by atoms with Gasteiger partial charge in [-0.3, -0.25) is 9.59 Å². The largest absolute Gasteiger partial charge is 0.327 e. The number of fused-ring (bicyclic) bond motifs is 1. The molecule has 2 fully saturated rings. The summed E-state index contributed by atoms with van der Waals surface area (Å²) in [6.07, 6.45) is 0. The first-order valence-corrected chi connectivity index (χ1v) is 8.16. The van der Waals surface area contributed by atoms with Crippen LogP contribution in [-0.4, -0.2) is 11.8 Å². The van der Waals surface area contributed by atoms with E-state index in [0.29, 0.717) is 11.1 Å². The van der Waals surface area contributed by atoms with Crippen molar-refractivity contribution >= 4 is 11.8 Å². The van der Waals surface area contributed by atoms with Gasteiger partial charge in [-0.15, -0.1) is 0 Å². The van der Waals surface area contributed by atoms with Crippen molar-refractivity contribution in [3.63, 3.8) is 0 Å². The molecule has 2 aliphatic rings. The molecule has 2 N–H and O–H groups in total. The zero-order chi connectivity index (χ0) is 18.4. The van der Waals surface area contributed by atoms with Crippen molar-refractivity contribution in [1.29, 1.82) is 10.5 Å². The van der Waals surface area contributed by atoms with Gasteiger partial charge in [-0.1, -0.05) is 60.7 Å². The number of nitriles is 2. The minimum absolute atomic E-state index is 0.500. The number of benzene rings is 2. The van der Waals surface area contributed by atoms with E-state index in [4.69, 9.17) is 0 Å². The third-order valence-electron chi connectivity index (χ3n) is 5.39. The molecular formula is C20H14N4O2. The third kappa shape index (κ3) is 1.68. The van der Waals surface area contributed by atoms with Crippen molar-refractivity contribution < 1.29 is 9.59 Å². The van der Waals surface area contributed by atoms with Gasteiger partial charge in [-0.2, -0.15) is 10.5 Å². The lowest BCUT2D eigenvalue weighted by Crippen LogP contribution is -2.58. The highest BCUT2D eigenvalue weighted by atomic mass is 16.2. The maximum atomic E-state index is 12.7. The monoisotopic (exact) mass is 342 g/mol. The smallest absolute Gasteiger partial charge is 0.240 e. The Morgan fingerprint density at radius 2 is 1.15 bits per heavy atom. The second kappa shape index (κ2) is 5.44. The van der Waals surface area contributed by atoms with Crippen LogP contribution in [0.5, 0.6) is 0 Å². The Labute approximate surface area is 150 Å². The van der Waals surface area contributed by atoms with Crippen LogP contribution < -0.4 is 10.6 Å². The van der Waals surface area contributed by atoms with Gasteiger partial charge in [-0.25, -0.2) is 0 Å². The quantitative estimate of drug-likeness (QED) is 0.858. The standard InChI is InChI=1S/C20H14N4O2/c21-11-15-17(25)23-20(14-9-5-2-6-10-14)19(15,13-7-3-1-4-8-13)16(12-22)18(26)24-20/h1-10,15-16H,(H,23,25)(H,24,26)/t15-,16?,19?,20?/m0/s1. The summed E-state index contributed by atoms with van der Waals surface area (Å²) in [5.74, 6) is -3.37. The number of amides is 2. The van der Waals surface area contributed by atoms with Crippen LogP contribution >= 0.6 is 0 Å². The second-order valence-corrected chi connectivity index (χ2v) is 6.45. The van der Waals surface area contributed by atoms with E-state index in [9.17, 15) is 20.1 Å². The third-order valence-corrected chi connectivity index (χ3v) is 5.39. The van der Waals surface area contributed by atoms with Gasteiger partial charge in [-0.05, 0) is 11.1 Å². The molecule has 2 amide bonds. The van der Waals surface area contributed by atoms with Crippen LogP contribution in [0.4, 0.5) is 0 Å². The lowest BCUT2D eigenvalue weighted by Gasteiger charge is -2.41. The summed E-state index contributed by atoms with van der Waals surface area (Å²) >= 11 is 0. The van der Waals surface area contributed by atoms with Crippen LogP contribution in [0.3, 0.4) is 0 Å². The molecule has 0 saturated carbocycles. The van der Waals surface area contributed by atoms with Crippen LogP contribution in [0.1, 0.15) is 11.1 Å². The average molecular weight is 342 g/mol. The topological polar surface area (TPSA) is 106 Å². The Balaban J connectivity index is 2.13. The summed E-state index contributed by atoms with van der Waals surface area (Å²) in [6.45, 7) is 0. The van der Waals surface area contributed by atoms with E-state index in [-0.39, 0.29) is 0 Å². The molecule has 3 unspecified atom stereocenters. The maximum absolute atomic E-state index is 12.7. The highest BCUT2D eigenvalue weighted by Gasteiger charge is 2.75. The van der Waals surface area contributed by atoms with Crippen LogP contribution in [0.15, 0.2) is 60.7 Å². The van der Waals surface area contributed by atoms with Crippen molar-refractivity contribution in [3.8, 4) is 12.1 Å². The number of hydrogen-bond acceptors (Lipinski definition) is 4. The molecule has 2 saturated heterocycles. The molecule has 2 aliphatic heterocycles. The van der Waals surface area contributed by atoms with Gasteiger partial charge >= 0.3 is 0 Å². The van der Waals surface area contributed by atoms with Crippen LogP contribution in [0, 0.1) is 34.5 Å². The fourth-order valence-electron chi connectivity index (χ4n) is 4.42. The van der Waals surface area contributed by atoms with E-state index in [1.807, 2.05) is 24.3 Å². The first-order chi connectivity index (χ1) is 12.6. The number of carbonyl (C=O) groups excluding carboxylic acids is 2. The number of rotatable bonds is 2. The summed E-state index contributed by atoms with van der Waals surface area (Å²) in [4.78, 5) is 25.5. The molecular weight excluding hydrogens is 328 g/mol. The van der Waals surface area contributed by atoms with E-state index in [0.717, 1.165) is 0 Å². The molecule has 0 radical (unpaired) electrons. The SMILES string of the molecule is N#CC1C(=O)NC2(c3ccccc3)NC(=O)[C@H](C#N)C12c1ccccc1. The lowest BCUT2D eigenvalue weighted by atomic mass is 9.59. The molecule has 0 aromatic heterocycles. The van der Waals surface area contributed by atoms with Crippen molar-refractivity contribution in [1.82, 2.24) is 10.6 Å². The Morgan fingerprint density at radius 1 is 0.731 bits per heavy atom. The molecule has 2 aromatic rings. The zero-order valence-electron chi connectivity index (χ0n) is 13.6. The summed E-state index contributed by atoms with van der Waals surface area (Å²) in [5, 5.41) is 25.3.